The molecular formula is C40H60ClN3O4S. The number of aryl methyl sites for hydroxylation is 1. The van der Waals surface area contributed by atoms with E-state index in [9.17, 15) is 14.1 Å². The Bertz CT molecular complexity index is 1440. The zero-order valence-corrected chi connectivity index (χ0v) is 32.1. The van der Waals surface area contributed by atoms with Crippen molar-refractivity contribution in [2.75, 3.05) is 44.7 Å². The first-order chi connectivity index (χ1) is 23.5. The molecule has 0 radical (unpaired) electrons. The average molecular weight is 714 g/mol. The summed E-state index contributed by atoms with van der Waals surface area (Å²) in [6, 6.07) is 11.9. The van der Waals surface area contributed by atoms with Crippen LogP contribution in [0.1, 0.15) is 113 Å². The number of nitrogens with zero attached hydrogens (tertiary/aromatic N) is 2. The minimum Gasteiger partial charge on any atom is -0.490 e. The summed E-state index contributed by atoms with van der Waals surface area (Å²) in [5, 5.41) is 11.8. The molecule has 2 heterocycles. The minimum absolute atomic E-state index is 0.175. The van der Waals surface area contributed by atoms with Gasteiger partial charge in [-0.3, -0.25) is 9.52 Å². The summed E-state index contributed by atoms with van der Waals surface area (Å²) in [6.45, 7) is 13.1. The molecule has 6 unspecified atom stereocenters. The standard InChI is InChI=1S/C32H41ClN2O4S.C8H19N/c1-20-5-3-7-29(36)26-11-8-24(26)17-35-18-32(14-4-6-22-15-25(33)10-12-27(22)32)19-39-30-13-9-23(16-28(30)35)31(37)34-40(38)21(20)2;1-4-6-8-9(3)7-5-2/h9-10,12-13,15-16,20-21,24,26,29,36H,3-8,11,14,17-19H2,1-2H3,(H,34,37);4-8H2,1-3H3/t20?,21?,24?,26?,29?,32-,40?;/m0./s1. The van der Waals surface area contributed by atoms with E-state index in [4.69, 9.17) is 16.3 Å². The quantitative estimate of drug-likeness (QED) is 0.328. The molecule has 2 bridgehead atoms. The summed E-state index contributed by atoms with van der Waals surface area (Å²) in [7, 11) is 0.697. The Balaban J connectivity index is 0.000000459. The van der Waals surface area contributed by atoms with Gasteiger partial charge in [0.1, 0.15) is 16.7 Å². The van der Waals surface area contributed by atoms with Crippen molar-refractivity contribution in [3.8, 4) is 5.75 Å². The van der Waals surface area contributed by atoms with E-state index in [0.29, 0.717) is 18.1 Å². The number of anilines is 1. The number of aliphatic hydroxyl groups is 1. The molecule has 2 aromatic carbocycles. The van der Waals surface area contributed by atoms with E-state index in [-0.39, 0.29) is 34.5 Å². The molecule has 272 valence electrons. The molecule has 7 atom stereocenters. The van der Waals surface area contributed by atoms with Crippen molar-refractivity contribution < 1.29 is 18.8 Å². The van der Waals surface area contributed by atoms with Crippen molar-refractivity contribution in [2.24, 2.45) is 17.8 Å². The summed E-state index contributed by atoms with van der Waals surface area (Å²) < 4.78 is 22.4. The third kappa shape index (κ3) is 9.22. The second kappa shape index (κ2) is 17.4. The van der Waals surface area contributed by atoms with Gasteiger partial charge >= 0.3 is 0 Å². The van der Waals surface area contributed by atoms with Crippen LogP contribution in [0, 0.1) is 17.8 Å². The lowest BCUT2D eigenvalue weighted by molar-refractivity contribution is 0.00857. The first-order valence-electron chi connectivity index (χ1n) is 18.9. The Morgan fingerprint density at radius 2 is 1.88 bits per heavy atom. The highest BCUT2D eigenvalue weighted by Gasteiger charge is 2.44. The van der Waals surface area contributed by atoms with Crippen molar-refractivity contribution in [3.05, 3.63) is 58.1 Å². The molecule has 1 fully saturated rings. The fourth-order valence-electron chi connectivity index (χ4n) is 8.34. The molecule has 49 heavy (non-hydrogen) atoms. The molecule has 4 aliphatic rings. The van der Waals surface area contributed by atoms with E-state index in [1.54, 1.807) is 6.07 Å². The molecule has 0 aromatic heterocycles. The van der Waals surface area contributed by atoms with Crippen LogP contribution in [-0.2, 0) is 22.8 Å². The van der Waals surface area contributed by atoms with Gasteiger partial charge < -0.3 is 19.6 Å². The molecule has 1 spiro atoms. The largest absolute Gasteiger partial charge is 0.490 e. The van der Waals surface area contributed by atoms with Gasteiger partial charge in [-0.25, -0.2) is 4.21 Å². The van der Waals surface area contributed by atoms with E-state index in [1.165, 1.54) is 43.5 Å². The highest BCUT2D eigenvalue weighted by molar-refractivity contribution is 7.84. The number of rotatable bonds is 5. The van der Waals surface area contributed by atoms with Gasteiger partial charge in [0.2, 0.25) is 0 Å². The monoisotopic (exact) mass is 713 g/mol. The molecule has 2 N–H and O–H groups in total. The third-order valence-corrected chi connectivity index (χ3v) is 13.5. The molecule has 9 heteroatoms. The summed E-state index contributed by atoms with van der Waals surface area (Å²) in [5.41, 5.74) is 3.82. The summed E-state index contributed by atoms with van der Waals surface area (Å²) >= 11 is 6.39. The Hall–Kier alpha value is -2.13. The second-order valence-corrected chi connectivity index (χ2v) is 17.3. The minimum atomic E-state index is -1.50. The lowest BCUT2D eigenvalue weighted by Gasteiger charge is -2.46. The number of ether oxygens (including phenoxy) is 1. The van der Waals surface area contributed by atoms with E-state index >= 15 is 0 Å². The highest BCUT2D eigenvalue weighted by Crippen LogP contribution is 2.47. The number of halogens is 1. The molecule has 2 aliphatic carbocycles. The van der Waals surface area contributed by atoms with Crippen LogP contribution >= 0.6 is 11.6 Å². The van der Waals surface area contributed by atoms with Crippen LogP contribution in [0.2, 0.25) is 5.02 Å². The van der Waals surface area contributed by atoms with Crippen molar-refractivity contribution in [3.63, 3.8) is 0 Å². The SMILES string of the molecule is CC1CCCC(O)C2CCC2CN2C[C@@]3(CCCc4cc(Cl)ccc43)COc3ccc(cc32)C(=O)NS(=O)C1C.CCCCN(C)CCC. The first kappa shape index (κ1) is 38.1. The van der Waals surface area contributed by atoms with Crippen LogP contribution in [0.25, 0.3) is 0 Å². The molecular weight excluding hydrogens is 654 g/mol. The molecule has 2 aliphatic heterocycles. The number of carbonyl (C=O) groups is 1. The van der Waals surface area contributed by atoms with Gasteiger partial charge in [0, 0.05) is 29.1 Å². The number of amides is 1. The smallest absolute Gasteiger partial charge is 0.263 e. The van der Waals surface area contributed by atoms with Gasteiger partial charge in [0.15, 0.2) is 0 Å². The van der Waals surface area contributed by atoms with Gasteiger partial charge in [0.25, 0.3) is 5.91 Å². The van der Waals surface area contributed by atoms with Crippen LogP contribution in [0.3, 0.4) is 0 Å². The van der Waals surface area contributed by atoms with Gasteiger partial charge in [-0.1, -0.05) is 51.3 Å². The topological polar surface area (TPSA) is 82.1 Å². The number of unbranched alkanes of at least 4 members (excludes halogenated alkanes) is 1. The van der Waals surface area contributed by atoms with Gasteiger partial charge in [-0.15, -0.1) is 0 Å². The number of carbonyl (C=O) groups excluding carboxylic acids is 1. The van der Waals surface area contributed by atoms with Gasteiger partial charge in [0.05, 0.1) is 23.6 Å². The van der Waals surface area contributed by atoms with Crippen molar-refractivity contribution >= 4 is 34.2 Å². The Morgan fingerprint density at radius 1 is 1.06 bits per heavy atom. The maximum Gasteiger partial charge on any atom is 0.263 e. The summed E-state index contributed by atoms with van der Waals surface area (Å²) in [4.78, 5) is 18.1. The fourth-order valence-corrected chi connectivity index (χ4v) is 9.58. The van der Waals surface area contributed by atoms with Crippen LogP contribution in [0.5, 0.6) is 5.75 Å². The summed E-state index contributed by atoms with van der Waals surface area (Å²) in [6.07, 6.45) is 11.4. The zero-order chi connectivity index (χ0) is 35.1. The number of aliphatic hydroxyl groups excluding tert-OH is 1. The number of fused-ring (bicyclic) bond motifs is 4. The molecule has 6 rings (SSSR count). The lowest BCUT2D eigenvalue weighted by Crippen LogP contribution is -2.49. The number of benzene rings is 2. The maximum absolute atomic E-state index is 13.3. The highest BCUT2D eigenvalue weighted by atomic mass is 35.5. The third-order valence-electron chi connectivity index (χ3n) is 11.7. The fraction of sp³-hybridized carbons (Fsp3) is 0.675. The van der Waals surface area contributed by atoms with E-state index in [0.717, 1.165) is 80.9 Å². The van der Waals surface area contributed by atoms with Crippen molar-refractivity contribution in [1.29, 1.82) is 0 Å². The number of nitrogens with one attached hydrogen (secondary N) is 1. The zero-order valence-electron chi connectivity index (χ0n) is 30.5. The van der Waals surface area contributed by atoms with Crippen LogP contribution in [-0.4, -0.2) is 71.3 Å². The predicted molar refractivity (Wildman–Crippen MR) is 203 cm³/mol. The van der Waals surface area contributed by atoms with Crippen molar-refractivity contribution in [1.82, 2.24) is 9.62 Å². The molecule has 2 aromatic rings. The Labute approximate surface area is 303 Å². The van der Waals surface area contributed by atoms with Gasteiger partial charge in [-0.05, 0) is 144 Å². The lowest BCUT2D eigenvalue weighted by atomic mass is 9.68. The van der Waals surface area contributed by atoms with Crippen LogP contribution in [0.15, 0.2) is 36.4 Å². The molecule has 1 amide bonds. The summed E-state index contributed by atoms with van der Waals surface area (Å²) in [5.74, 6) is 1.30. The molecule has 0 saturated heterocycles. The van der Waals surface area contributed by atoms with E-state index in [1.807, 2.05) is 25.1 Å². The van der Waals surface area contributed by atoms with E-state index < -0.39 is 11.0 Å². The second-order valence-electron chi connectivity index (χ2n) is 15.4. The Kier molecular flexibility index (Phi) is 13.5. The molecule has 7 nitrogen and oxygen atoms in total. The van der Waals surface area contributed by atoms with Gasteiger partial charge in [-0.2, -0.15) is 0 Å². The number of hydrogen-bond acceptors (Lipinski definition) is 6. The molecule has 1 saturated carbocycles. The first-order valence-corrected chi connectivity index (χ1v) is 20.5. The average Bonchev–Trinajstić information content (AvgIpc) is 3.22. The maximum atomic E-state index is 13.3. The number of hydrogen-bond donors (Lipinski definition) is 2. The normalized spacial score (nSPS) is 30.1. The van der Waals surface area contributed by atoms with E-state index in [2.05, 4.69) is 54.5 Å². The predicted octanol–water partition coefficient (Wildman–Crippen LogP) is 7.93. The van der Waals surface area contributed by atoms with Crippen LogP contribution in [0.4, 0.5) is 5.69 Å². The van der Waals surface area contributed by atoms with Crippen molar-refractivity contribution in [2.45, 2.75) is 115 Å². The Morgan fingerprint density at radius 3 is 2.61 bits per heavy atom. The van der Waals surface area contributed by atoms with Crippen LogP contribution < -0.4 is 14.4 Å².